The highest BCUT2D eigenvalue weighted by Crippen LogP contribution is 2.21. The Bertz CT molecular complexity index is 1160. The third kappa shape index (κ3) is 4.42. The molecular formula is C26H28N4O. The first-order valence-corrected chi connectivity index (χ1v) is 11.0. The highest BCUT2D eigenvalue weighted by molar-refractivity contribution is 5.84. The van der Waals surface area contributed by atoms with Crippen molar-refractivity contribution in [1.82, 2.24) is 19.8 Å². The van der Waals surface area contributed by atoms with Gasteiger partial charge in [0.1, 0.15) is 0 Å². The molecule has 31 heavy (non-hydrogen) atoms. The van der Waals surface area contributed by atoms with E-state index in [1.54, 1.807) is 0 Å². The number of aryl methyl sites for hydroxylation is 1. The van der Waals surface area contributed by atoms with E-state index < -0.39 is 0 Å². The average molecular weight is 413 g/mol. The molecule has 2 N–H and O–H groups in total. The molecule has 1 amide bonds. The van der Waals surface area contributed by atoms with Crippen molar-refractivity contribution >= 4 is 16.8 Å². The van der Waals surface area contributed by atoms with Gasteiger partial charge in [-0.3, -0.25) is 9.69 Å². The van der Waals surface area contributed by atoms with Crippen LogP contribution in [0.5, 0.6) is 0 Å². The monoisotopic (exact) mass is 412 g/mol. The summed E-state index contributed by atoms with van der Waals surface area (Å²) in [5, 5.41) is 4.40. The van der Waals surface area contributed by atoms with Gasteiger partial charge in [0.15, 0.2) is 0 Å². The number of carbonyl (C=O) groups is 1. The lowest BCUT2D eigenvalue weighted by atomic mass is 10.1. The SMILES string of the molecule is O=C(CCc1c[nH]c2ccccc12)NCC1Cn2cccc2CN1Cc1ccccc1. The summed E-state index contributed by atoms with van der Waals surface area (Å²) in [5.74, 6) is 0.114. The molecule has 5 rings (SSSR count). The van der Waals surface area contributed by atoms with Gasteiger partial charge in [-0.1, -0.05) is 48.5 Å². The molecular weight excluding hydrogens is 384 g/mol. The maximum atomic E-state index is 12.6. The number of fused-ring (bicyclic) bond motifs is 2. The summed E-state index contributed by atoms with van der Waals surface area (Å²) in [7, 11) is 0. The number of amides is 1. The highest BCUT2D eigenvalue weighted by atomic mass is 16.1. The number of H-pyrrole nitrogens is 1. The van der Waals surface area contributed by atoms with Crippen molar-refractivity contribution < 1.29 is 4.79 Å². The summed E-state index contributed by atoms with van der Waals surface area (Å²) in [6.45, 7) is 3.36. The van der Waals surface area contributed by atoms with Gasteiger partial charge in [-0.25, -0.2) is 0 Å². The Balaban J connectivity index is 1.20. The summed E-state index contributed by atoms with van der Waals surface area (Å²) >= 11 is 0. The molecule has 2 aromatic carbocycles. The molecule has 0 saturated carbocycles. The van der Waals surface area contributed by atoms with Gasteiger partial charge in [0.2, 0.25) is 5.91 Å². The van der Waals surface area contributed by atoms with E-state index in [4.69, 9.17) is 0 Å². The first-order valence-electron chi connectivity index (χ1n) is 11.0. The molecule has 4 aromatic rings. The smallest absolute Gasteiger partial charge is 0.220 e. The Morgan fingerprint density at radius 2 is 1.87 bits per heavy atom. The molecule has 0 radical (unpaired) electrons. The van der Waals surface area contributed by atoms with E-state index in [1.165, 1.54) is 22.2 Å². The van der Waals surface area contributed by atoms with Crippen LogP contribution in [-0.4, -0.2) is 32.9 Å². The molecule has 2 aromatic heterocycles. The molecule has 0 spiro atoms. The lowest BCUT2D eigenvalue weighted by Crippen LogP contribution is -2.48. The maximum Gasteiger partial charge on any atom is 0.220 e. The molecule has 1 aliphatic heterocycles. The molecule has 1 atom stereocenters. The van der Waals surface area contributed by atoms with Crippen molar-refractivity contribution in [3.05, 3.63) is 95.9 Å². The van der Waals surface area contributed by atoms with E-state index in [9.17, 15) is 4.79 Å². The van der Waals surface area contributed by atoms with Gasteiger partial charge in [0.25, 0.3) is 0 Å². The number of rotatable bonds is 7. The Morgan fingerprint density at radius 1 is 1.03 bits per heavy atom. The minimum atomic E-state index is 0.114. The van der Waals surface area contributed by atoms with Crippen molar-refractivity contribution in [3.63, 3.8) is 0 Å². The zero-order valence-electron chi connectivity index (χ0n) is 17.6. The molecule has 0 saturated heterocycles. The van der Waals surface area contributed by atoms with Crippen LogP contribution in [0.25, 0.3) is 10.9 Å². The van der Waals surface area contributed by atoms with Gasteiger partial charge in [-0.05, 0) is 35.7 Å². The van der Waals surface area contributed by atoms with E-state index in [0.29, 0.717) is 13.0 Å². The number of carbonyl (C=O) groups excluding carboxylic acids is 1. The largest absolute Gasteiger partial charge is 0.361 e. The first kappa shape index (κ1) is 19.6. The van der Waals surface area contributed by atoms with Crippen LogP contribution < -0.4 is 5.32 Å². The Labute approximate surface area is 182 Å². The van der Waals surface area contributed by atoms with Gasteiger partial charge in [0, 0.05) is 67.6 Å². The Hall–Kier alpha value is -3.31. The van der Waals surface area contributed by atoms with Gasteiger partial charge in [0.05, 0.1) is 0 Å². The van der Waals surface area contributed by atoms with Crippen molar-refractivity contribution in [2.45, 2.75) is 38.5 Å². The fourth-order valence-corrected chi connectivity index (χ4v) is 4.55. The van der Waals surface area contributed by atoms with Crippen LogP contribution in [0, 0.1) is 0 Å². The molecule has 1 aliphatic rings. The van der Waals surface area contributed by atoms with Crippen molar-refractivity contribution in [3.8, 4) is 0 Å². The number of nitrogens with zero attached hydrogens (tertiary/aromatic N) is 2. The maximum absolute atomic E-state index is 12.6. The second kappa shape index (κ2) is 8.82. The van der Waals surface area contributed by atoms with Crippen molar-refractivity contribution in [2.24, 2.45) is 0 Å². The van der Waals surface area contributed by atoms with E-state index in [-0.39, 0.29) is 11.9 Å². The third-order valence-electron chi connectivity index (χ3n) is 6.27. The second-order valence-electron chi connectivity index (χ2n) is 8.36. The number of benzene rings is 2. The fraction of sp³-hybridized carbons (Fsp3) is 0.269. The molecule has 0 bridgehead atoms. The summed E-state index contributed by atoms with van der Waals surface area (Å²) in [4.78, 5) is 18.4. The zero-order chi connectivity index (χ0) is 21.0. The molecule has 5 heteroatoms. The molecule has 3 heterocycles. The van der Waals surface area contributed by atoms with E-state index in [0.717, 1.165) is 31.6 Å². The van der Waals surface area contributed by atoms with Gasteiger partial charge < -0.3 is 14.9 Å². The number of aromatic nitrogens is 2. The van der Waals surface area contributed by atoms with Gasteiger partial charge in [-0.2, -0.15) is 0 Å². The first-order chi connectivity index (χ1) is 15.3. The third-order valence-corrected chi connectivity index (χ3v) is 6.27. The van der Waals surface area contributed by atoms with Crippen molar-refractivity contribution in [2.75, 3.05) is 6.54 Å². The highest BCUT2D eigenvalue weighted by Gasteiger charge is 2.26. The quantitative estimate of drug-likeness (QED) is 0.480. The summed E-state index contributed by atoms with van der Waals surface area (Å²) in [5.41, 5.74) is 4.96. The molecule has 1 unspecified atom stereocenters. The summed E-state index contributed by atoms with van der Waals surface area (Å²) in [6, 6.07) is 23.4. The lowest BCUT2D eigenvalue weighted by molar-refractivity contribution is -0.121. The Morgan fingerprint density at radius 3 is 2.77 bits per heavy atom. The molecule has 0 aliphatic carbocycles. The standard InChI is InChI=1S/C26H28N4O/c31-26(13-12-21-15-27-25-11-5-4-10-24(21)25)28-16-23-19-29-14-6-9-22(29)18-30(23)17-20-7-2-1-3-8-20/h1-11,14-15,23,27H,12-13,16-19H2,(H,28,31). The summed E-state index contributed by atoms with van der Waals surface area (Å²) < 4.78 is 2.31. The van der Waals surface area contributed by atoms with E-state index >= 15 is 0 Å². The fourth-order valence-electron chi connectivity index (χ4n) is 4.55. The van der Waals surface area contributed by atoms with Crippen LogP contribution in [0.4, 0.5) is 0 Å². The van der Waals surface area contributed by atoms with Crippen LogP contribution in [0.15, 0.2) is 79.1 Å². The van der Waals surface area contributed by atoms with Gasteiger partial charge >= 0.3 is 0 Å². The predicted octanol–water partition coefficient (Wildman–Crippen LogP) is 4.10. The summed E-state index contributed by atoms with van der Waals surface area (Å²) in [6.07, 6.45) is 5.41. The number of nitrogens with one attached hydrogen (secondary N) is 2. The van der Waals surface area contributed by atoms with Crippen LogP contribution >= 0.6 is 0 Å². The molecule has 158 valence electrons. The topological polar surface area (TPSA) is 53.1 Å². The van der Waals surface area contributed by atoms with Crippen LogP contribution in [0.1, 0.15) is 23.2 Å². The number of hydrogen-bond donors (Lipinski definition) is 2. The molecule has 0 fully saturated rings. The van der Waals surface area contributed by atoms with Crippen molar-refractivity contribution in [1.29, 1.82) is 0 Å². The Kier molecular flexibility index (Phi) is 5.59. The van der Waals surface area contributed by atoms with Crippen LogP contribution in [0.3, 0.4) is 0 Å². The number of hydrogen-bond acceptors (Lipinski definition) is 2. The normalized spacial score (nSPS) is 16.3. The van der Waals surface area contributed by atoms with E-state index in [2.05, 4.69) is 80.6 Å². The number of para-hydroxylation sites is 1. The second-order valence-corrected chi connectivity index (χ2v) is 8.36. The minimum Gasteiger partial charge on any atom is -0.361 e. The average Bonchev–Trinajstić information content (AvgIpc) is 3.43. The number of aromatic amines is 1. The van der Waals surface area contributed by atoms with Crippen LogP contribution in [0.2, 0.25) is 0 Å². The molecule has 5 nitrogen and oxygen atoms in total. The zero-order valence-corrected chi connectivity index (χ0v) is 17.6. The van der Waals surface area contributed by atoms with Crippen LogP contribution in [-0.2, 0) is 30.8 Å². The van der Waals surface area contributed by atoms with E-state index in [1.807, 2.05) is 18.3 Å². The minimum absolute atomic E-state index is 0.114. The predicted molar refractivity (Wildman–Crippen MR) is 124 cm³/mol. The van der Waals surface area contributed by atoms with Gasteiger partial charge in [-0.15, -0.1) is 0 Å². The lowest BCUT2D eigenvalue weighted by Gasteiger charge is -2.37.